The summed E-state index contributed by atoms with van der Waals surface area (Å²) >= 11 is 5.70. The molecule has 0 heterocycles. The summed E-state index contributed by atoms with van der Waals surface area (Å²) in [6, 6.07) is 0.00463. The van der Waals surface area contributed by atoms with E-state index < -0.39 is 6.17 Å². The Morgan fingerprint density at radius 2 is 2.10 bits per heavy atom. The molecule has 0 aromatic heterocycles. The molecule has 2 N–H and O–H groups in total. The van der Waals surface area contributed by atoms with Crippen molar-refractivity contribution in [1.82, 2.24) is 0 Å². The molecule has 1 aliphatic carbocycles. The van der Waals surface area contributed by atoms with Crippen molar-refractivity contribution in [3.63, 3.8) is 0 Å². The van der Waals surface area contributed by atoms with Crippen LogP contribution in [0.5, 0.6) is 0 Å². The van der Waals surface area contributed by atoms with Gasteiger partial charge in [-0.3, -0.25) is 0 Å². The van der Waals surface area contributed by atoms with Crippen molar-refractivity contribution in [1.29, 1.82) is 0 Å². The van der Waals surface area contributed by atoms with Crippen molar-refractivity contribution < 1.29 is 4.39 Å². The van der Waals surface area contributed by atoms with Gasteiger partial charge in [-0.1, -0.05) is 6.92 Å². The zero-order chi connectivity index (χ0) is 7.72. The molecule has 0 saturated heterocycles. The zero-order valence-corrected chi connectivity index (χ0v) is 6.81. The smallest absolute Gasteiger partial charge is 0.118 e. The maximum absolute atomic E-state index is 12.8. The number of hydrogen-bond donors (Lipinski definition) is 1. The molecule has 1 saturated carbocycles. The molecule has 0 aliphatic heterocycles. The van der Waals surface area contributed by atoms with Gasteiger partial charge in [0.1, 0.15) is 6.17 Å². The van der Waals surface area contributed by atoms with E-state index >= 15 is 0 Å². The van der Waals surface area contributed by atoms with Crippen LogP contribution in [0.4, 0.5) is 4.39 Å². The maximum atomic E-state index is 12.8. The lowest BCUT2D eigenvalue weighted by Crippen LogP contribution is -2.41. The lowest BCUT2D eigenvalue weighted by molar-refractivity contribution is 0.197. The average molecular weight is 166 g/mol. The normalized spacial score (nSPS) is 49.2. The third kappa shape index (κ3) is 1.61. The van der Waals surface area contributed by atoms with Gasteiger partial charge in [-0.15, -0.1) is 11.6 Å². The lowest BCUT2D eigenvalue weighted by Gasteiger charge is -2.31. The molecule has 1 nitrogen and oxygen atoms in total. The minimum Gasteiger partial charge on any atom is -0.327 e. The van der Waals surface area contributed by atoms with Crippen molar-refractivity contribution in [2.75, 3.05) is 0 Å². The van der Waals surface area contributed by atoms with Crippen LogP contribution in [0.2, 0.25) is 0 Å². The fourth-order valence-electron chi connectivity index (χ4n) is 1.32. The van der Waals surface area contributed by atoms with Gasteiger partial charge >= 0.3 is 0 Å². The standard InChI is InChI=1S/C7H13ClFN/c1-4-2-5(8)6(9)3-7(4)10/h4-7H,2-3,10H2,1H3. The molecule has 0 amide bonds. The first-order valence-corrected chi connectivity index (χ1v) is 4.08. The van der Waals surface area contributed by atoms with Crippen LogP contribution in [-0.4, -0.2) is 17.6 Å². The van der Waals surface area contributed by atoms with Crippen LogP contribution in [0.1, 0.15) is 19.8 Å². The molecule has 1 fully saturated rings. The molecule has 4 unspecified atom stereocenters. The van der Waals surface area contributed by atoms with Gasteiger partial charge in [0, 0.05) is 6.04 Å². The van der Waals surface area contributed by atoms with E-state index in [9.17, 15) is 4.39 Å². The van der Waals surface area contributed by atoms with Gasteiger partial charge in [-0.05, 0) is 18.8 Å². The highest BCUT2D eigenvalue weighted by molar-refractivity contribution is 6.21. The molecular formula is C7H13ClFN. The Morgan fingerprint density at radius 3 is 2.60 bits per heavy atom. The summed E-state index contributed by atoms with van der Waals surface area (Å²) in [5.74, 6) is 0.370. The van der Waals surface area contributed by atoms with E-state index in [-0.39, 0.29) is 11.4 Å². The molecule has 0 bridgehead atoms. The van der Waals surface area contributed by atoms with Gasteiger partial charge in [0.2, 0.25) is 0 Å². The highest BCUT2D eigenvalue weighted by atomic mass is 35.5. The summed E-state index contributed by atoms with van der Waals surface area (Å²) in [7, 11) is 0. The predicted molar refractivity (Wildman–Crippen MR) is 40.9 cm³/mol. The fraction of sp³-hybridized carbons (Fsp3) is 1.00. The Labute approximate surface area is 65.7 Å². The van der Waals surface area contributed by atoms with E-state index in [1.54, 1.807) is 0 Å². The van der Waals surface area contributed by atoms with E-state index in [0.29, 0.717) is 18.8 Å². The fourth-order valence-corrected chi connectivity index (χ4v) is 1.70. The maximum Gasteiger partial charge on any atom is 0.118 e. The topological polar surface area (TPSA) is 26.0 Å². The first-order valence-electron chi connectivity index (χ1n) is 3.65. The number of alkyl halides is 2. The quantitative estimate of drug-likeness (QED) is 0.544. The van der Waals surface area contributed by atoms with E-state index in [0.717, 1.165) is 0 Å². The SMILES string of the molecule is CC1CC(Cl)C(F)CC1N. The predicted octanol–water partition coefficient (Wildman–Crippen LogP) is 1.69. The van der Waals surface area contributed by atoms with Crippen LogP contribution < -0.4 is 5.73 Å². The van der Waals surface area contributed by atoms with E-state index in [1.807, 2.05) is 6.92 Å². The molecule has 60 valence electrons. The molecule has 0 spiro atoms. The minimum atomic E-state index is -0.895. The van der Waals surface area contributed by atoms with Crippen LogP contribution in [-0.2, 0) is 0 Å². The first-order chi connectivity index (χ1) is 4.61. The summed E-state index contributed by atoms with van der Waals surface area (Å²) < 4.78 is 12.8. The molecule has 1 aliphatic rings. The Balaban J connectivity index is 2.46. The minimum absolute atomic E-state index is 0.00463. The molecule has 4 atom stereocenters. The number of halogens is 2. The van der Waals surface area contributed by atoms with E-state index in [2.05, 4.69) is 0 Å². The summed E-state index contributed by atoms with van der Waals surface area (Å²) in [4.78, 5) is 0. The zero-order valence-electron chi connectivity index (χ0n) is 6.06. The highest BCUT2D eigenvalue weighted by Crippen LogP contribution is 2.28. The Bertz CT molecular complexity index is 94.2. The van der Waals surface area contributed by atoms with Crippen LogP contribution in [0.25, 0.3) is 0 Å². The largest absolute Gasteiger partial charge is 0.327 e. The molecular weight excluding hydrogens is 153 g/mol. The van der Waals surface area contributed by atoms with E-state index in [4.69, 9.17) is 17.3 Å². The van der Waals surface area contributed by atoms with Gasteiger partial charge in [-0.2, -0.15) is 0 Å². The Morgan fingerprint density at radius 1 is 1.50 bits per heavy atom. The van der Waals surface area contributed by atoms with Gasteiger partial charge < -0.3 is 5.73 Å². The van der Waals surface area contributed by atoms with Gasteiger partial charge in [-0.25, -0.2) is 4.39 Å². The van der Waals surface area contributed by atoms with Crippen molar-refractivity contribution in [3.8, 4) is 0 Å². The molecule has 1 rings (SSSR count). The van der Waals surface area contributed by atoms with Gasteiger partial charge in [0.25, 0.3) is 0 Å². The second kappa shape index (κ2) is 3.05. The third-order valence-electron chi connectivity index (χ3n) is 2.22. The molecule has 10 heavy (non-hydrogen) atoms. The van der Waals surface area contributed by atoms with Crippen LogP contribution in [0, 0.1) is 5.92 Å². The lowest BCUT2D eigenvalue weighted by atomic mass is 9.85. The number of hydrogen-bond acceptors (Lipinski definition) is 1. The van der Waals surface area contributed by atoms with Gasteiger partial charge in [0.05, 0.1) is 5.38 Å². The summed E-state index contributed by atoms with van der Waals surface area (Å²) in [5.41, 5.74) is 5.63. The molecule has 3 heteroatoms. The summed E-state index contributed by atoms with van der Waals surface area (Å²) in [5, 5.41) is -0.310. The first kappa shape index (κ1) is 8.28. The average Bonchev–Trinajstić information content (AvgIpc) is 1.84. The number of nitrogens with two attached hydrogens (primary N) is 1. The third-order valence-corrected chi connectivity index (χ3v) is 2.67. The second-order valence-corrected chi connectivity index (χ2v) is 3.71. The van der Waals surface area contributed by atoms with Gasteiger partial charge in [0.15, 0.2) is 0 Å². The monoisotopic (exact) mass is 165 g/mol. The van der Waals surface area contributed by atoms with E-state index in [1.165, 1.54) is 0 Å². The van der Waals surface area contributed by atoms with Crippen LogP contribution in [0.15, 0.2) is 0 Å². The Kier molecular flexibility index (Phi) is 2.53. The summed E-state index contributed by atoms with van der Waals surface area (Å²) in [6.07, 6.45) is 0.243. The Hall–Kier alpha value is 0.180. The molecule has 0 aromatic carbocycles. The highest BCUT2D eigenvalue weighted by Gasteiger charge is 2.31. The van der Waals surface area contributed by atoms with Crippen molar-refractivity contribution in [3.05, 3.63) is 0 Å². The van der Waals surface area contributed by atoms with Crippen molar-refractivity contribution in [2.45, 2.75) is 37.4 Å². The van der Waals surface area contributed by atoms with Crippen LogP contribution >= 0.6 is 11.6 Å². The second-order valence-electron chi connectivity index (χ2n) is 3.14. The van der Waals surface area contributed by atoms with Crippen LogP contribution in [0.3, 0.4) is 0 Å². The number of rotatable bonds is 0. The van der Waals surface area contributed by atoms with Crippen molar-refractivity contribution in [2.24, 2.45) is 11.7 Å². The molecule has 0 aromatic rings. The molecule has 0 radical (unpaired) electrons. The van der Waals surface area contributed by atoms with Crippen molar-refractivity contribution >= 4 is 11.6 Å². The summed E-state index contributed by atoms with van der Waals surface area (Å²) in [6.45, 7) is 2.02.